The first-order chi connectivity index (χ1) is 2.43. The minimum atomic E-state index is 1.13. The van der Waals surface area contributed by atoms with Gasteiger partial charge in [-0.2, -0.15) is 0 Å². The third-order valence-corrected chi connectivity index (χ3v) is 0.835. The van der Waals surface area contributed by atoms with Crippen molar-refractivity contribution in [1.82, 2.24) is 4.90 Å². The summed E-state index contributed by atoms with van der Waals surface area (Å²) in [7, 11) is 0. The summed E-state index contributed by atoms with van der Waals surface area (Å²) in [5.74, 6) is 0. The van der Waals surface area contributed by atoms with E-state index >= 15 is 0 Å². The molecular formula is C3H4NS. The van der Waals surface area contributed by atoms with Crippen LogP contribution in [0.25, 0.3) is 0 Å². The van der Waals surface area contributed by atoms with Crippen LogP contribution in [-0.2, 0) is 0 Å². The number of hydrogen-bond acceptors (Lipinski definition) is 1. The van der Waals surface area contributed by atoms with Gasteiger partial charge in [0, 0.05) is 13.1 Å². The van der Waals surface area contributed by atoms with Gasteiger partial charge in [-0.05, 0) is 0 Å². The van der Waals surface area contributed by atoms with Crippen molar-refractivity contribution in [1.29, 1.82) is 0 Å². The third kappa shape index (κ3) is 0.581. The van der Waals surface area contributed by atoms with Gasteiger partial charge in [0.1, 0.15) is 5.49 Å². The Labute approximate surface area is 36.6 Å². The lowest BCUT2D eigenvalue weighted by Gasteiger charge is -1.72. The Morgan fingerprint density at radius 3 is 2.20 bits per heavy atom. The maximum absolute atomic E-state index is 4.41. The first-order valence-corrected chi connectivity index (χ1v) is 1.97. The van der Waals surface area contributed by atoms with Crippen molar-refractivity contribution in [2.75, 3.05) is 13.1 Å². The molecule has 0 N–H and O–H groups in total. The van der Waals surface area contributed by atoms with Gasteiger partial charge in [0.25, 0.3) is 0 Å². The fourth-order valence-corrected chi connectivity index (χ4v) is 0.324. The molecule has 0 saturated carbocycles. The van der Waals surface area contributed by atoms with Gasteiger partial charge >= 0.3 is 0 Å². The van der Waals surface area contributed by atoms with Crippen LogP contribution >= 0.6 is 12.2 Å². The van der Waals surface area contributed by atoms with Crippen LogP contribution < -0.4 is 0 Å². The molecule has 0 amide bonds. The Balaban J connectivity index is 2.21. The molecule has 1 heterocycles. The molecule has 0 aliphatic carbocycles. The molecule has 1 rings (SSSR count). The van der Waals surface area contributed by atoms with Gasteiger partial charge in [-0.3, -0.25) is 0 Å². The summed E-state index contributed by atoms with van der Waals surface area (Å²) in [4.78, 5) is 1.94. The summed E-state index contributed by atoms with van der Waals surface area (Å²) in [5.41, 5.74) is 2.56. The largest absolute Gasteiger partial charge is 0.357 e. The van der Waals surface area contributed by atoms with Crippen molar-refractivity contribution < 1.29 is 0 Å². The zero-order chi connectivity index (χ0) is 3.70. The highest BCUT2D eigenvalue weighted by atomic mass is 32.1. The van der Waals surface area contributed by atoms with Gasteiger partial charge in [0.05, 0.1) is 0 Å². The van der Waals surface area contributed by atoms with Crippen LogP contribution in [0.3, 0.4) is 0 Å². The van der Waals surface area contributed by atoms with E-state index in [-0.39, 0.29) is 0 Å². The molecule has 1 aliphatic rings. The second-order valence-electron chi connectivity index (χ2n) is 1.08. The maximum atomic E-state index is 4.41. The van der Waals surface area contributed by atoms with E-state index in [0.29, 0.717) is 0 Å². The molecule has 1 radical (unpaired) electrons. The van der Waals surface area contributed by atoms with Crippen molar-refractivity contribution in [2.45, 2.75) is 0 Å². The van der Waals surface area contributed by atoms with E-state index in [1.807, 2.05) is 4.90 Å². The van der Waals surface area contributed by atoms with E-state index in [0.717, 1.165) is 13.1 Å². The van der Waals surface area contributed by atoms with E-state index in [1.165, 1.54) is 0 Å². The molecule has 0 aromatic rings. The first-order valence-electron chi connectivity index (χ1n) is 1.56. The molecule has 1 saturated heterocycles. The van der Waals surface area contributed by atoms with Gasteiger partial charge in [-0.15, -0.1) is 0 Å². The van der Waals surface area contributed by atoms with Crippen molar-refractivity contribution >= 4 is 17.7 Å². The summed E-state index contributed by atoms with van der Waals surface area (Å²) in [5, 5.41) is 0. The quantitative estimate of drug-likeness (QED) is 0.330. The molecule has 27 valence electrons. The van der Waals surface area contributed by atoms with Crippen LogP contribution in [0.15, 0.2) is 0 Å². The van der Waals surface area contributed by atoms with E-state index in [1.54, 1.807) is 0 Å². The number of rotatable bonds is 1. The molecule has 0 aromatic carbocycles. The summed E-state index contributed by atoms with van der Waals surface area (Å²) in [6.45, 7) is 2.26. The lowest BCUT2D eigenvalue weighted by atomic mass is 11.0. The molecule has 0 bridgehead atoms. The number of nitrogens with zero attached hydrogens (tertiary/aromatic N) is 1. The number of thiocarbonyl (C=S) groups is 1. The summed E-state index contributed by atoms with van der Waals surface area (Å²) in [6, 6.07) is 0. The van der Waals surface area contributed by atoms with Crippen LogP contribution in [0.1, 0.15) is 0 Å². The second kappa shape index (κ2) is 0.937. The van der Waals surface area contributed by atoms with Crippen LogP contribution in [0.4, 0.5) is 0 Å². The first kappa shape index (κ1) is 3.09. The van der Waals surface area contributed by atoms with Crippen molar-refractivity contribution in [3.05, 3.63) is 0 Å². The van der Waals surface area contributed by atoms with Gasteiger partial charge in [-0.1, -0.05) is 12.2 Å². The van der Waals surface area contributed by atoms with Crippen LogP contribution in [0.2, 0.25) is 0 Å². The van der Waals surface area contributed by atoms with Crippen LogP contribution in [0.5, 0.6) is 0 Å². The monoisotopic (exact) mass is 86.0 g/mol. The highest BCUT2D eigenvalue weighted by Crippen LogP contribution is 1.95. The molecule has 0 aromatic heterocycles. The molecular weight excluding hydrogens is 82.1 g/mol. The molecule has 5 heavy (non-hydrogen) atoms. The van der Waals surface area contributed by atoms with Gasteiger partial charge in [0.15, 0.2) is 0 Å². The average Bonchev–Trinajstić information content (AvgIpc) is 2.12. The lowest BCUT2D eigenvalue weighted by molar-refractivity contribution is 0.893. The Kier molecular flexibility index (Phi) is 0.580. The van der Waals surface area contributed by atoms with Crippen molar-refractivity contribution in [3.63, 3.8) is 0 Å². The van der Waals surface area contributed by atoms with Crippen molar-refractivity contribution in [3.8, 4) is 0 Å². The topological polar surface area (TPSA) is 3.01 Å². The Bertz CT molecular complexity index is 48.9. The Morgan fingerprint density at radius 2 is 2.20 bits per heavy atom. The highest BCUT2D eigenvalue weighted by Gasteiger charge is 2.10. The van der Waals surface area contributed by atoms with Crippen LogP contribution in [-0.4, -0.2) is 23.5 Å². The summed E-state index contributed by atoms with van der Waals surface area (Å²) >= 11 is 4.41. The predicted octanol–water partition coefficient (Wildman–Crippen LogP) is 0.136. The standard InChI is InChI=1S/C3H4NS/c5-3-4-1-2-4/h1-2H2. The summed E-state index contributed by atoms with van der Waals surface area (Å²) < 4.78 is 0. The molecule has 0 unspecified atom stereocenters. The Hall–Kier alpha value is -0.110. The molecule has 1 nitrogen and oxygen atoms in total. The van der Waals surface area contributed by atoms with Gasteiger partial charge < -0.3 is 4.90 Å². The molecule has 1 aliphatic heterocycles. The average molecular weight is 86.1 g/mol. The van der Waals surface area contributed by atoms with E-state index in [4.69, 9.17) is 0 Å². The van der Waals surface area contributed by atoms with Gasteiger partial charge in [0.2, 0.25) is 0 Å². The zero-order valence-corrected chi connectivity index (χ0v) is 3.59. The smallest absolute Gasteiger partial charge is 0.137 e. The SMILES string of the molecule is S=[C]N1CC1. The van der Waals surface area contributed by atoms with Gasteiger partial charge in [-0.25, -0.2) is 0 Å². The van der Waals surface area contributed by atoms with E-state index in [2.05, 4.69) is 17.7 Å². The maximum Gasteiger partial charge on any atom is 0.137 e. The Morgan fingerprint density at radius 1 is 1.60 bits per heavy atom. The third-order valence-electron chi connectivity index (χ3n) is 0.576. The van der Waals surface area contributed by atoms with E-state index < -0.39 is 0 Å². The lowest BCUT2D eigenvalue weighted by Crippen LogP contribution is -1.82. The number of hydrogen-bond donors (Lipinski definition) is 0. The fourth-order valence-electron chi connectivity index (χ4n) is 0.141. The molecule has 2 heteroatoms. The zero-order valence-electron chi connectivity index (χ0n) is 2.77. The van der Waals surface area contributed by atoms with Crippen LogP contribution in [0, 0.1) is 0 Å². The molecule has 0 atom stereocenters. The minimum absolute atomic E-state index is 1.13. The molecule has 1 fully saturated rings. The highest BCUT2D eigenvalue weighted by molar-refractivity contribution is 7.78. The normalized spacial score (nSPS) is 18.8. The fraction of sp³-hybridized carbons (Fsp3) is 0.667. The van der Waals surface area contributed by atoms with E-state index in [9.17, 15) is 0 Å². The van der Waals surface area contributed by atoms with Crippen molar-refractivity contribution in [2.24, 2.45) is 0 Å². The summed E-state index contributed by atoms with van der Waals surface area (Å²) in [6.07, 6.45) is 0. The second-order valence-corrected chi connectivity index (χ2v) is 1.26. The predicted molar refractivity (Wildman–Crippen MR) is 24.2 cm³/mol. The molecule has 0 spiro atoms. The minimum Gasteiger partial charge on any atom is -0.357 e.